The summed E-state index contributed by atoms with van der Waals surface area (Å²) in [5.41, 5.74) is 0.865. The van der Waals surface area contributed by atoms with Gasteiger partial charge in [-0.05, 0) is 31.2 Å². The Kier molecular flexibility index (Phi) is 7.09. The highest BCUT2D eigenvalue weighted by molar-refractivity contribution is 7.92. The second kappa shape index (κ2) is 9.63. The van der Waals surface area contributed by atoms with Gasteiger partial charge in [0, 0.05) is 30.9 Å². The number of methoxy groups -OCH3 is 1. The van der Waals surface area contributed by atoms with E-state index >= 15 is 0 Å². The molecule has 1 amide bonds. The number of aliphatic hydroxyl groups is 1. The van der Waals surface area contributed by atoms with Crippen molar-refractivity contribution < 1.29 is 32.7 Å². The van der Waals surface area contributed by atoms with Crippen LogP contribution in [-0.4, -0.2) is 54.4 Å². The van der Waals surface area contributed by atoms with Gasteiger partial charge in [0.25, 0.3) is 5.91 Å². The molecule has 0 saturated heterocycles. The van der Waals surface area contributed by atoms with E-state index in [1.54, 1.807) is 43.5 Å². The molecule has 0 spiro atoms. The lowest BCUT2D eigenvalue weighted by atomic mass is 9.99. The van der Waals surface area contributed by atoms with Crippen LogP contribution in [0.5, 0.6) is 11.5 Å². The molecule has 0 saturated carbocycles. The molecule has 0 fully saturated rings. The largest absolute Gasteiger partial charge is 0.507 e. The van der Waals surface area contributed by atoms with Gasteiger partial charge in [0.1, 0.15) is 23.3 Å². The lowest BCUT2D eigenvalue weighted by Gasteiger charge is -2.29. The van der Waals surface area contributed by atoms with Crippen LogP contribution in [0, 0.1) is 0 Å². The van der Waals surface area contributed by atoms with E-state index < -0.39 is 26.6 Å². The van der Waals surface area contributed by atoms with Crippen LogP contribution in [0.25, 0.3) is 11.3 Å². The molecule has 0 radical (unpaired) electrons. The second-order valence-electron chi connectivity index (χ2n) is 7.99. The zero-order valence-electron chi connectivity index (χ0n) is 18.5. The Bertz CT molecular complexity index is 1240. The number of aliphatic hydroxyl groups excluding tert-OH is 1. The Morgan fingerprint density at radius 3 is 2.61 bits per heavy atom. The standard InChI is InChI=1S/C23H26N2O7S/c1-23(33(3,29)30,14-24-22(28)17-9-4-5-10-19(17)26)13-20(27)18-12-21(32-25-18)15-7-6-8-16(11-15)31-2/h4-12,20,26-27H,13-14H2,1-3H3,(H,24,28). The van der Waals surface area contributed by atoms with Crippen LogP contribution in [0.2, 0.25) is 0 Å². The number of amides is 1. The third-order valence-corrected chi connectivity index (χ3v) is 7.62. The van der Waals surface area contributed by atoms with Crippen molar-refractivity contribution >= 4 is 15.7 Å². The van der Waals surface area contributed by atoms with Gasteiger partial charge < -0.3 is 24.8 Å². The number of phenols is 1. The highest BCUT2D eigenvalue weighted by Crippen LogP contribution is 2.32. The molecule has 2 unspecified atom stereocenters. The number of aromatic nitrogens is 1. The fraction of sp³-hybridized carbons (Fsp3) is 0.304. The summed E-state index contributed by atoms with van der Waals surface area (Å²) in [6, 6.07) is 14.5. The average molecular weight is 475 g/mol. The number of benzene rings is 2. The summed E-state index contributed by atoms with van der Waals surface area (Å²) in [5, 5.41) is 27.0. The summed E-state index contributed by atoms with van der Waals surface area (Å²) in [4.78, 5) is 12.4. The van der Waals surface area contributed by atoms with Gasteiger partial charge in [0.2, 0.25) is 0 Å². The number of hydrogen-bond acceptors (Lipinski definition) is 8. The Labute approximate surface area is 191 Å². The van der Waals surface area contributed by atoms with Crippen LogP contribution in [0.3, 0.4) is 0 Å². The first-order chi connectivity index (χ1) is 15.5. The minimum absolute atomic E-state index is 0.0216. The van der Waals surface area contributed by atoms with Crippen LogP contribution in [0.15, 0.2) is 59.1 Å². The summed E-state index contributed by atoms with van der Waals surface area (Å²) in [5.74, 6) is 0.163. The molecule has 0 aliphatic heterocycles. The number of phenolic OH excluding ortho intramolecular Hbond substituents is 1. The van der Waals surface area contributed by atoms with Gasteiger partial charge in [-0.15, -0.1) is 0 Å². The van der Waals surface area contributed by atoms with Crippen molar-refractivity contribution in [1.82, 2.24) is 10.5 Å². The monoisotopic (exact) mass is 474 g/mol. The van der Waals surface area contributed by atoms with Crippen molar-refractivity contribution in [2.45, 2.75) is 24.2 Å². The van der Waals surface area contributed by atoms with E-state index in [2.05, 4.69) is 10.5 Å². The number of hydrogen-bond donors (Lipinski definition) is 3. The molecule has 2 atom stereocenters. The first-order valence-corrected chi connectivity index (χ1v) is 12.0. The van der Waals surface area contributed by atoms with Crippen LogP contribution in [-0.2, 0) is 9.84 Å². The maximum absolute atomic E-state index is 12.6. The number of para-hydroxylation sites is 1. The van der Waals surface area contributed by atoms with Crippen LogP contribution < -0.4 is 10.1 Å². The summed E-state index contributed by atoms with van der Waals surface area (Å²) in [6.07, 6.45) is -0.470. The summed E-state index contributed by atoms with van der Waals surface area (Å²) < 4.78 is 34.1. The molecule has 33 heavy (non-hydrogen) atoms. The summed E-state index contributed by atoms with van der Waals surface area (Å²) in [6.45, 7) is 1.15. The molecule has 9 nitrogen and oxygen atoms in total. The molecule has 3 N–H and O–H groups in total. The van der Waals surface area contributed by atoms with Crippen molar-refractivity contribution in [2.75, 3.05) is 19.9 Å². The zero-order valence-corrected chi connectivity index (χ0v) is 19.3. The van der Waals surface area contributed by atoms with Gasteiger partial charge >= 0.3 is 0 Å². The number of rotatable bonds is 9. The van der Waals surface area contributed by atoms with Gasteiger partial charge in [-0.3, -0.25) is 4.79 Å². The molecule has 2 aromatic carbocycles. The quantitative estimate of drug-likeness (QED) is 0.430. The van der Waals surface area contributed by atoms with Crippen molar-refractivity contribution in [2.24, 2.45) is 0 Å². The number of ether oxygens (including phenoxy) is 1. The van der Waals surface area contributed by atoms with E-state index in [1.165, 1.54) is 25.1 Å². The van der Waals surface area contributed by atoms with Gasteiger partial charge in [-0.2, -0.15) is 0 Å². The first-order valence-electron chi connectivity index (χ1n) is 10.1. The van der Waals surface area contributed by atoms with E-state index in [0.29, 0.717) is 17.1 Å². The minimum atomic E-state index is -3.72. The predicted octanol–water partition coefficient (Wildman–Crippen LogP) is 2.71. The molecule has 10 heteroatoms. The van der Waals surface area contributed by atoms with Crippen molar-refractivity contribution in [3.8, 4) is 22.8 Å². The van der Waals surface area contributed by atoms with Crippen molar-refractivity contribution in [3.05, 3.63) is 65.9 Å². The van der Waals surface area contributed by atoms with Gasteiger partial charge in [-0.1, -0.05) is 29.4 Å². The van der Waals surface area contributed by atoms with Crippen LogP contribution >= 0.6 is 0 Å². The molecule has 1 aromatic heterocycles. The zero-order chi connectivity index (χ0) is 24.2. The number of nitrogens with one attached hydrogen (secondary N) is 1. The van der Waals surface area contributed by atoms with E-state index in [0.717, 1.165) is 6.26 Å². The Morgan fingerprint density at radius 1 is 1.21 bits per heavy atom. The highest BCUT2D eigenvalue weighted by atomic mass is 32.2. The third-order valence-electron chi connectivity index (χ3n) is 5.52. The molecule has 176 valence electrons. The number of carbonyl (C=O) groups excluding carboxylic acids is 1. The smallest absolute Gasteiger partial charge is 0.255 e. The van der Waals surface area contributed by atoms with Gasteiger partial charge in [-0.25, -0.2) is 8.42 Å². The molecule has 1 heterocycles. The average Bonchev–Trinajstić information content (AvgIpc) is 3.28. The van der Waals surface area contributed by atoms with Crippen LogP contribution in [0.1, 0.15) is 35.5 Å². The Balaban J connectivity index is 1.77. The molecular weight excluding hydrogens is 448 g/mol. The summed E-state index contributed by atoms with van der Waals surface area (Å²) in [7, 11) is -2.18. The molecule has 0 aliphatic rings. The number of carbonyl (C=O) groups is 1. The van der Waals surface area contributed by atoms with E-state index in [-0.39, 0.29) is 30.0 Å². The maximum atomic E-state index is 12.6. The SMILES string of the molecule is COc1cccc(-c2cc(C(O)CC(C)(CNC(=O)c3ccccc3O)S(C)(=O)=O)no2)c1. The van der Waals surface area contributed by atoms with Gasteiger partial charge in [0.05, 0.1) is 17.4 Å². The van der Waals surface area contributed by atoms with Crippen molar-refractivity contribution in [1.29, 1.82) is 0 Å². The summed E-state index contributed by atoms with van der Waals surface area (Å²) >= 11 is 0. The van der Waals surface area contributed by atoms with E-state index in [4.69, 9.17) is 9.26 Å². The molecule has 3 aromatic rings. The molecule has 0 aliphatic carbocycles. The fourth-order valence-electron chi connectivity index (χ4n) is 3.25. The Morgan fingerprint density at radius 2 is 1.94 bits per heavy atom. The molecule has 0 bridgehead atoms. The minimum Gasteiger partial charge on any atom is -0.507 e. The lowest BCUT2D eigenvalue weighted by molar-refractivity contribution is 0.0937. The molecular formula is C23H26N2O7S. The maximum Gasteiger partial charge on any atom is 0.255 e. The topological polar surface area (TPSA) is 139 Å². The van der Waals surface area contributed by atoms with Crippen LogP contribution in [0.4, 0.5) is 0 Å². The predicted molar refractivity (Wildman–Crippen MR) is 122 cm³/mol. The second-order valence-corrected chi connectivity index (χ2v) is 10.5. The third kappa shape index (κ3) is 5.52. The number of sulfone groups is 1. The Hall–Kier alpha value is -3.37. The van der Waals surface area contributed by atoms with Crippen molar-refractivity contribution in [3.63, 3.8) is 0 Å². The number of nitrogens with zero attached hydrogens (tertiary/aromatic N) is 1. The normalized spacial score (nSPS) is 14.3. The first kappa shape index (κ1) is 24.3. The highest BCUT2D eigenvalue weighted by Gasteiger charge is 2.39. The van der Waals surface area contributed by atoms with E-state index in [1.807, 2.05) is 0 Å². The fourth-order valence-corrected chi connectivity index (χ4v) is 4.05. The molecule has 3 rings (SSSR count). The van der Waals surface area contributed by atoms with E-state index in [9.17, 15) is 23.4 Å². The number of aromatic hydroxyl groups is 1. The lowest BCUT2D eigenvalue weighted by Crippen LogP contribution is -2.47. The van der Waals surface area contributed by atoms with Gasteiger partial charge in [0.15, 0.2) is 15.6 Å².